The van der Waals surface area contributed by atoms with Crippen molar-refractivity contribution in [3.05, 3.63) is 35.9 Å². The fourth-order valence-electron chi connectivity index (χ4n) is 2.74. The van der Waals surface area contributed by atoms with Gasteiger partial charge in [0.05, 0.1) is 11.8 Å². The van der Waals surface area contributed by atoms with E-state index in [9.17, 15) is 18.0 Å². The number of benzene rings is 1. The van der Waals surface area contributed by atoms with E-state index >= 15 is 0 Å². The van der Waals surface area contributed by atoms with Crippen molar-refractivity contribution in [2.24, 2.45) is 0 Å². The number of carbonyl (C=O) groups is 1. The molecule has 21 heavy (non-hydrogen) atoms. The number of hydrogen-bond donors (Lipinski definition) is 2. The molecule has 2 N–H and O–H groups in total. The first-order chi connectivity index (χ1) is 9.94. The van der Waals surface area contributed by atoms with Gasteiger partial charge in [-0.1, -0.05) is 30.3 Å². The van der Waals surface area contributed by atoms with Crippen LogP contribution in [0.5, 0.6) is 0 Å². The quantitative estimate of drug-likeness (QED) is 0.896. The van der Waals surface area contributed by atoms with Crippen molar-refractivity contribution in [1.29, 1.82) is 0 Å². The number of alkyl halides is 3. The zero-order chi connectivity index (χ0) is 15.3. The fourth-order valence-corrected chi connectivity index (χ4v) is 2.74. The summed E-state index contributed by atoms with van der Waals surface area (Å²) in [6, 6.07) is 9.30. The standard InChI is InChI=1S/C15H19F3N2O/c16-15(17,18)8-11-20-13(21)14(6-9-19-10-7-14)12-4-2-1-3-5-12/h1-5,19H,6-11H2,(H,20,21). The summed E-state index contributed by atoms with van der Waals surface area (Å²) in [6.07, 6.45) is -4.06. The lowest BCUT2D eigenvalue weighted by Gasteiger charge is -2.36. The number of piperidine rings is 1. The van der Waals surface area contributed by atoms with E-state index in [1.165, 1.54) is 0 Å². The zero-order valence-corrected chi connectivity index (χ0v) is 11.7. The molecule has 1 saturated heterocycles. The van der Waals surface area contributed by atoms with Gasteiger partial charge in [-0.3, -0.25) is 4.79 Å². The summed E-state index contributed by atoms with van der Waals surface area (Å²) in [5, 5.41) is 5.65. The summed E-state index contributed by atoms with van der Waals surface area (Å²) in [5.41, 5.74) is 0.147. The monoisotopic (exact) mass is 300 g/mol. The van der Waals surface area contributed by atoms with Gasteiger partial charge in [0.1, 0.15) is 0 Å². The van der Waals surface area contributed by atoms with Crippen LogP contribution in [-0.4, -0.2) is 31.7 Å². The molecule has 0 aromatic heterocycles. The molecule has 0 spiro atoms. The van der Waals surface area contributed by atoms with Gasteiger partial charge in [-0.05, 0) is 31.5 Å². The van der Waals surface area contributed by atoms with Crippen molar-refractivity contribution in [1.82, 2.24) is 10.6 Å². The normalized spacial score (nSPS) is 18.2. The number of carbonyl (C=O) groups excluding carboxylic acids is 1. The average molecular weight is 300 g/mol. The molecule has 1 fully saturated rings. The molecule has 1 aliphatic heterocycles. The molecule has 6 heteroatoms. The maximum absolute atomic E-state index is 12.5. The van der Waals surface area contributed by atoms with Crippen LogP contribution in [0.15, 0.2) is 30.3 Å². The van der Waals surface area contributed by atoms with Crippen molar-refractivity contribution in [3.8, 4) is 0 Å². The van der Waals surface area contributed by atoms with Crippen LogP contribution in [-0.2, 0) is 10.2 Å². The Bertz CT molecular complexity index is 468. The van der Waals surface area contributed by atoms with Crippen LogP contribution in [0.2, 0.25) is 0 Å². The maximum Gasteiger partial charge on any atom is 0.390 e. The molecular formula is C15H19F3N2O. The summed E-state index contributed by atoms with van der Waals surface area (Å²) >= 11 is 0. The minimum absolute atomic E-state index is 0.306. The van der Waals surface area contributed by atoms with E-state index in [0.717, 1.165) is 5.56 Å². The van der Waals surface area contributed by atoms with E-state index < -0.39 is 18.0 Å². The lowest BCUT2D eigenvalue weighted by molar-refractivity contribution is -0.137. The Hall–Kier alpha value is -1.56. The first-order valence-corrected chi connectivity index (χ1v) is 7.05. The van der Waals surface area contributed by atoms with Crippen molar-refractivity contribution in [3.63, 3.8) is 0 Å². The van der Waals surface area contributed by atoms with E-state index in [1.807, 2.05) is 30.3 Å². The summed E-state index contributed by atoms with van der Waals surface area (Å²) in [4.78, 5) is 12.5. The second-order valence-corrected chi connectivity index (χ2v) is 5.32. The molecule has 1 heterocycles. The van der Waals surface area contributed by atoms with Crippen molar-refractivity contribution >= 4 is 5.91 Å². The first-order valence-electron chi connectivity index (χ1n) is 7.05. The highest BCUT2D eigenvalue weighted by molar-refractivity contribution is 5.88. The highest BCUT2D eigenvalue weighted by Crippen LogP contribution is 2.33. The van der Waals surface area contributed by atoms with Gasteiger partial charge in [-0.2, -0.15) is 13.2 Å². The van der Waals surface area contributed by atoms with Gasteiger partial charge in [0.25, 0.3) is 0 Å². The SMILES string of the molecule is O=C(NCCC(F)(F)F)C1(c2ccccc2)CCNCC1. The highest BCUT2D eigenvalue weighted by atomic mass is 19.4. The van der Waals surface area contributed by atoms with E-state index in [2.05, 4.69) is 10.6 Å². The van der Waals surface area contributed by atoms with Crippen LogP contribution in [0, 0.1) is 0 Å². The first kappa shape index (κ1) is 15.8. The van der Waals surface area contributed by atoms with Gasteiger partial charge in [0.2, 0.25) is 5.91 Å². The summed E-state index contributed by atoms with van der Waals surface area (Å²) in [7, 11) is 0. The Morgan fingerprint density at radius 1 is 1.19 bits per heavy atom. The van der Waals surface area contributed by atoms with Gasteiger partial charge in [-0.25, -0.2) is 0 Å². The van der Waals surface area contributed by atoms with E-state index in [4.69, 9.17) is 0 Å². The van der Waals surface area contributed by atoms with Crippen molar-refractivity contribution in [2.45, 2.75) is 30.9 Å². The van der Waals surface area contributed by atoms with Gasteiger partial charge in [0, 0.05) is 6.54 Å². The largest absolute Gasteiger partial charge is 0.390 e. The lowest BCUT2D eigenvalue weighted by atomic mass is 9.72. The van der Waals surface area contributed by atoms with Crippen LogP contribution in [0.4, 0.5) is 13.2 Å². The molecule has 0 bridgehead atoms. The second-order valence-electron chi connectivity index (χ2n) is 5.32. The van der Waals surface area contributed by atoms with Gasteiger partial charge >= 0.3 is 6.18 Å². The van der Waals surface area contributed by atoms with Gasteiger partial charge in [-0.15, -0.1) is 0 Å². The minimum Gasteiger partial charge on any atom is -0.355 e. The molecule has 1 amide bonds. The molecule has 1 aliphatic rings. The van der Waals surface area contributed by atoms with E-state index in [0.29, 0.717) is 25.9 Å². The lowest BCUT2D eigenvalue weighted by Crippen LogP contribution is -2.51. The molecule has 3 nitrogen and oxygen atoms in total. The van der Waals surface area contributed by atoms with Crippen LogP contribution < -0.4 is 10.6 Å². The number of amides is 1. The van der Waals surface area contributed by atoms with Crippen LogP contribution in [0.1, 0.15) is 24.8 Å². The predicted molar refractivity (Wildman–Crippen MR) is 73.9 cm³/mol. The Labute approximate surface area is 121 Å². The molecule has 2 rings (SSSR count). The van der Waals surface area contributed by atoms with E-state index in [1.54, 1.807) is 0 Å². The Morgan fingerprint density at radius 2 is 1.81 bits per heavy atom. The van der Waals surface area contributed by atoms with Gasteiger partial charge < -0.3 is 10.6 Å². The molecule has 0 saturated carbocycles. The molecular weight excluding hydrogens is 281 g/mol. The second kappa shape index (κ2) is 6.47. The predicted octanol–water partition coefficient (Wildman–Crippen LogP) is 2.38. The minimum atomic E-state index is -4.25. The van der Waals surface area contributed by atoms with Crippen molar-refractivity contribution < 1.29 is 18.0 Å². The Morgan fingerprint density at radius 3 is 2.38 bits per heavy atom. The third-order valence-corrected chi connectivity index (χ3v) is 3.91. The smallest absolute Gasteiger partial charge is 0.355 e. The molecule has 0 radical (unpaired) electrons. The fraction of sp³-hybridized carbons (Fsp3) is 0.533. The molecule has 1 aromatic rings. The molecule has 0 aliphatic carbocycles. The number of hydrogen-bond acceptors (Lipinski definition) is 2. The van der Waals surface area contributed by atoms with Crippen LogP contribution >= 0.6 is 0 Å². The summed E-state index contributed by atoms with van der Waals surface area (Å²) < 4.78 is 36.6. The number of rotatable bonds is 4. The summed E-state index contributed by atoms with van der Waals surface area (Å²) in [6.45, 7) is 0.994. The van der Waals surface area contributed by atoms with E-state index in [-0.39, 0.29) is 12.5 Å². The van der Waals surface area contributed by atoms with Crippen LogP contribution in [0.3, 0.4) is 0 Å². The van der Waals surface area contributed by atoms with Crippen LogP contribution in [0.25, 0.3) is 0 Å². The molecule has 0 unspecified atom stereocenters. The van der Waals surface area contributed by atoms with Gasteiger partial charge in [0.15, 0.2) is 0 Å². The molecule has 0 atom stereocenters. The maximum atomic E-state index is 12.5. The molecule has 1 aromatic carbocycles. The zero-order valence-electron chi connectivity index (χ0n) is 11.7. The highest BCUT2D eigenvalue weighted by Gasteiger charge is 2.41. The third kappa shape index (κ3) is 3.97. The molecule has 116 valence electrons. The third-order valence-electron chi connectivity index (χ3n) is 3.91. The summed E-state index contributed by atoms with van der Waals surface area (Å²) in [5.74, 6) is -0.306. The topological polar surface area (TPSA) is 41.1 Å². The Balaban J connectivity index is 2.11. The number of nitrogens with one attached hydrogen (secondary N) is 2. The average Bonchev–Trinajstić information content (AvgIpc) is 2.47. The number of halogens is 3. The Kier molecular flexibility index (Phi) is 4.88. The van der Waals surface area contributed by atoms with Crippen molar-refractivity contribution in [2.75, 3.05) is 19.6 Å².